The van der Waals surface area contributed by atoms with Gasteiger partial charge in [-0.25, -0.2) is 0 Å². The molecule has 0 aliphatic carbocycles. The Morgan fingerprint density at radius 3 is 2.38 bits per heavy atom. The van der Waals surface area contributed by atoms with Crippen molar-refractivity contribution in [2.75, 3.05) is 65.2 Å². The van der Waals surface area contributed by atoms with Crippen LogP contribution in [0.1, 0.15) is 19.8 Å². The van der Waals surface area contributed by atoms with Gasteiger partial charge in [-0.05, 0) is 38.1 Å². The Morgan fingerprint density at radius 2 is 1.69 bits per heavy atom. The third-order valence-electron chi connectivity index (χ3n) is 4.74. The SMILES string of the molecule is CCN1CCN(CCCCNC(=NC)NCCSc2ccccc2)CC1. The fourth-order valence-corrected chi connectivity index (χ4v) is 3.86. The first kappa shape index (κ1) is 21.1. The molecular formula is C20H35N5S. The lowest BCUT2D eigenvalue weighted by molar-refractivity contribution is 0.136. The zero-order valence-electron chi connectivity index (χ0n) is 16.4. The summed E-state index contributed by atoms with van der Waals surface area (Å²) in [5, 5.41) is 6.82. The first-order valence-electron chi connectivity index (χ1n) is 9.89. The molecule has 2 rings (SSSR count). The van der Waals surface area contributed by atoms with E-state index in [4.69, 9.17) is 0 Å². The molecule has 1 saturated heterocycles. The average Bonchev–Trinajstić information content (AvgIpc) is 2.70. The van der Waals surface area contributed by atoms with Gasteiger partial charge in [0.1, 0.15) is 0 Å². The Bertz CT molecular complexity index is 500. The first-order valence-corrected chi connectivity index (χ1v) is 10.9. The van der Waals surface area contributed by atoms with Crippen LogP contribution in [0, 0.1) is 0 Å². The molecule has 1 heterocycles. The molecule has 26 heavy (non-hydrogen) atoms. The number of guanidine groups is 1. The van der Waals surface area contributed by atoms with Gasteiger partial charge in [0.25, 0.3) is 0 Å². The van der Waals surface area contributed by atoms with Crippen LogP contribution in [-0.2, 0) is 0 Å². The number of aliphatic imine (C=N–C) groups is 1. The Morgan fingerprint density at radius 1 is 1.00 bits per heavy atom. The molecule has 2 N–H and O–H groups in total. The molecule has 1 aliphatic heterocycles. The molecule has 1 aliphatic rings. The summed E-state index contributed by atoms with van der Waals surface area (Å²) in [6, 6.07) is 10.5. The minimum atomic E-state index is 0.912. The monoisotopic (exact) mass is 377 g/mol. The summed E-state index contributed by atoms with van der Waals surface area (Å²) in [5.41, 5.74) is 0. The molecule has 146 valence electrons. The van der Waals surface area contributed by atoms with Gasteiger partial charge < -0.3 is 20.4 Å². The van der Waals surface area contributed by atoms with Crippen LogP contribution in [0.4, 0.5) is 0 Å². The Balaban J connectivity index is 1.47. The van der Waals surface area contributed by atoms with E-state index in [0.29, 0.717) is 0 Å². The lowest BCUT2D eigenvalue weighted by Gasteiger charge is -2.34. The van der Waals surface area contributed by atoms with E-state index in [0.717, 1.165) is 24.8 Å². The molecule has 1 aromatic carbocycles. The molecule has 0 radical (unpaired) electrons. The summed E-state index contributed by atoms with van der Waals surface area (Å²) in [6.45, 7) is 11.5. The topological polar surface area (TPSA) is 42.9 Å². The fraction of sp³-hybridized carbons (Fsp3) is 0.650. The number of unbranched alkanes of at least 4 members (excludes halogenated alkanes) is 1. The van der Waals surface area contributed by atoms with Crippen LogP contribution in [0.2, 0.25) is 0 Å². The lowest BCUT2D eigenvalue weighted by Crippen LogP contribution is -2.46. The minimum absolute atomic E-state index is 0.912. The number of rotatable bonds is 10. The number of hydrogen-bond acceptors (Lipinski definition) is 4. The Kier molecular flexibility index (Phi) is 10.5. The van der Waals surface area contributed by atoms with Crippen LogP contribution in [0.25, 0.3) is 0 Å². The summed E-state index contributed by atoms with van der Waals surface area (Å²) in [6.07, 6.45) is 2.44. The molecular weight excluding hydrogens is 342 g/mol. The number of benzene rings is 1. The fourth-order valence-electron chi connectivity index (χ4n) is 3.07. The van der Waals surface area contributed by atoms with Crippen LogP contribution < -0.4 is 10.6 Å². The third-order valence-corrected chi connectivity index (χ3v) is 5.75. The molecule has 0 aromatic heterocycles. The standard InChI is InChI=1S/C20H35N5S/c1-3-24-14-16-25(17-15-24)13-8-7-11-22-20(21-2)23-12-18-26-19-9-5-4-6-10-19/h4-6,9-10H,3,7-8,11-18H2,1-2H3,(H2,21,22,23). The van der Waals surface area contributed by atoms with E-state index < -0.39 is 0 Å². The quantitative estimate of drug-likeness (QED) is 0.284. The van der Waals surface area contributed by atoms with Crippen molar-refractivity contribution in [3.05, 3.63) is 30.3 Å². The smallest absolute Gasteiger partial charge is 0.191 e. The zero-order chi connectivity index (χ0) is 18.5. The van der Waals surface area contributed by atoms with Gasteiger partial charge in [0.05, 0.1) is 0 Å². The number of likely N-dealkylation sites (N-methyl/N-ethyl adjacent to an activating group) is 1. The maximum Gasteiger partial charge on any atom is 0.191 e. The van der Waals surface area contributed by atoms with E-state index in [-0.39, 0.29) is 0 Å². The summed E-state index contributed by atoms with van der Waals surface area (Å²) >= 11 is 1.87. The minimum Gasteiger partial charge on any atom is -0.356 e. The van der Waals surface area contributed by atoms with Gasteiger partial charge in [0.2, 0.25) is 0 Å². The summed E-state index contributed by atoms with van der Waals surface area (Å²) in [7, 11) is 1.84. The summed E-state index contributed by atoms with van der Waals surface area (Å²) < 4.78 is 0. The maximum absolute atomic E-state index is 4.31. The molecule has 6 heteroatoms. The Labute approximate surface area is 163 Å². The maximum atomic E-state index is 4.31. The van der Waals surface area contributed by atoms with Crippen LogP contribution in [0.15, 0.2) is 40.2 Å². The molecule has 0 spiro atoms. The van der Waals surface area contributed by atoms with Gasteiger partial charge in [-0.15, -0.1) is 11.8 Å². The molecule has 0 amide bonds. The molecule has 1 fully saturated rings. The number of thioether (sulfide) groups is 1. The van der Waals surface area contributed by atoms with E-state index >= 15 is 0 Å². The van der Waals surface area contributed by atoms with Crippen molar-refractivity contribution in [1.82, 2.24) is 20.4 Å². The zero-order valence-corrected chi connectivity index (χ0v) is 17.2. The normalized spacial score (nSPS) is 16.6. The van der Waals surface area contributed by atoms with Crippen LogP contribution in [0.3, 0.4) is 0 Å². The second-order valence-corrected chi connectivity index (χ2v) is 7.74. The second kappa shape index (κ2) is 13.0. The number of piperazine rings is 1. The van der Waals surface area contributed by atoms with Gasteiger partial charge in [0, 0.05) is 57.0 Å². The summed E-state index contributed by atoms with van der Waals surface area (Å²) in [4.78, 5) is 10.8. The first-order chi connectivity index (χ1) is 12.8. The van der Waals surface area contributed by atoms with E-state index in [1.54, 1.807) is 0 Å². The van der Waals surface area contributed by atoms with E-state index in [1.807, 2.05) is 18.8 Å². The van der Waals surface area contributed by atoms with Gasteiger partial charge in [-0.1, -0.05) is 25.1 Å². The largest absolute Gasteiger partial charge is 0.356 e. The Hall–Kier alpha value is -1.24. The van der Waals surface area contributed by atoms with Crippen molar-refractivity contribution in [2.45, 2.75) is 24.7 Å². The van der Waals surface area contributed by atoms with E-state index in [2.05, 4.69) is 62.7 Å². The predicted molar refractivity (Wildman–Crippen MR) is 114 cm³/mol. The highest BCUT2D eigenvalue weighted by Gasteiger charge is 2.14. The van der Waals surface area contributed by atoms with Crippen molar-refractivity contribution in [3.8, 4) is 0 Å². The molecule has 0 unspecified atom stereocenters. The van der Waals surface area contributed by atoms with Crippen molar-refractivity contribution in [1.29, 1.82) is 0 Å². The highest BCUT2D eigenvalue weighted by atomic mass is 32.2. The van der Waals surface area contributed by atoms with Gasteiger partial charge in [-0.3, -0.25) is 4.99 Å². The van der Waals surface area contributed by atoms with E-state index in [1.165, 1.54) is 57.0 Å². The van der Waals surface area contributed by atoms with Crippen LogP contribution in [-0.4, -0.2) is 80.9 Å². The van der Waals surface area contributed by atoms with E-state index in [9.17, 15) is 0 Å². The highest BCUT2D eigenvalue weighted by molar-refractivity contribution is 7.99. The lowest BCUT2D eigenvalue weighted by atomic mass is 10.2. The molecule has 5 nitrogen and oxygen atoms in total. The van der Waals surface area contributed by atoms with Gasteiger partial charge in [-0.2, -0.15) is 0 Å². The van der Waals surface area contributed by atoms with Crippen molar-refractivity contribution >= 4 is 17.7 Å². The predicted octanol–water partition coefficient (Wildman–Crippen LogP) is 2.36. The van der Waals surface area contributed by atoms with Gasteiger partial charge >= 0.3 is 0 Å². The summed E-state index contributed by atoms with van der Waals surface area (Å²) in [5.74, 6) is 1.95. The second-order valence-electron chi connectivity index (χ2n) is 6.57. The molecule has 0 atom stereocenters. The van der Waals surface area contributed by atoms with Crippen LogP contribution in [0.5, 0.6) is 0 Å². The third kappa shape index (κ3) is 8.43. The van der Waals surface area contributed by atoms with Crippen molar-refractivity contribution in [2.24, 2.45) is 4.99 Å². The number of nitrogens with zero attached hydrogens (tertiary/aromatic N) is 3. The van der Waals surface area contributed by atoms with Crippen molar-refractivity contribution < 1.29 is 0 Å². The van der Waals surface area contributed by atoms with Crippen molar-refractivity contribution in [3.63, 3.8) is 0 Å². The van der Waals surface area contributed by atoms with Gasteiger partial charge in [0.15, 0.2) is 5.96 Å². The number of nitrogens with one attached hydrogen (secondary N) is 2. The number of hydrogen-bond donors (Lipinski definition) is 2. The van der Waals surface area contributed by atoms with Crippen LogP contribution >= 0.6 is 11.8 Å². The molecule has 1 aromatic rings. The molecule has 0 bridgehead atoms. The molecule has 0 saturated carbocycles. The average molecular weight is 378 g/mol. The highest BCUT2D eigenvalue weighted by Crippen LogP contribution is 2.15.